The summed E-state index contributed by atoms with van der Waals surface area (Å²) in [5, 5.41) is 14.3. The summed E-state index contributed by atoms with van der Waals surface area (Å²) in [7, 11) is 0. The number of ether oxygens (including phenoxy) is 1. The predicted molar refractivity (Wildman–Crippen MR) is 104 cm³/mol. The smallest absolute Gasteiger partial charge is 0.269 e. The van der Waals surface area contributed by atoms with Gasteiger partial charge in [0.2, 0.25) is 5.91 Å². The number of carbonyl (C=O) groups is 1. The fourth-order valence-electron chi connectivity index (χ4n) is 3.63. The molecule has 0 radical (unpaired) electrons. The highest BCUT2D eigenvalue weighted by atomic mass is 35.5. The third kappa shape index (κ3) is 3.90. The van der Waals surface area contributed by atoms with Gasteiger partial charge in [-0.25, -0.2) is 0 Å². The van der Waals surface area contributed by atoms with Crippen LogP contribution in [0.5, 0.6) is 5.75 Å². The lowest BCUT2D eigenvalue weighted by Gasteiger charge is -2.28. The van der Waals surface area contributed by atoms with Crippen LogP contribution in [0.3, 0.4) is 0 Å². The molecule has 2 aromatic carbocycles. The van der Waals surface area contributed by atoms with Gasteiger partial charge in [-0.1, -0.05) is 36.6 Å². The zero-order valence-corrected chi connectivity index (χ0v) is 15.8. The second-order valence-corrected chi connectivity index (χ2v) is 7.03. The summed E-state index contributed by atoms with van der Waals surface area (Å²) in [4.78, 5) is 23.6. The molecular formula is C20H21ClN2O4. The number of benzene rings is 2. The summed E-state index contributed by atoms with van der Waals surface area (Å²) in [5.41, 5.74) is 0.743. The van der Waals surface area contributed by atoms with Gasteiger partial charge in [0.15, 0.2) is 0 Å². The molecule has 1 N–H and O–H groups in total. The standard InChI is InChI=1S/C20H21ClN2O4/c1-2-27-18-10-7-15(13-17(18)21)22-19(24)20(11-3-4-12-20)14-5-8-16(9-6-14)23(25)26/h5-10,13H,2-4,11-12H2,1H3,(H,22,24). The van der Waals surface area contributed by atoms with E-state index in [1.54, 1.807) is 30.3 Å². The first-order chi connectivity index (χ1) is 13.0. The summed E-state index contributed by atoms with van der Waals surface area (Å²) >= 11 is 6.21. The molecule has 0 heterocycles. The van der Waals surface area contributed by atoms with Crippen molar-refractivity contribution in [2.45, 2.75) is 38.0 Å². The minimum Gasteiger partial charge on any atom is -0.492 e. The van der Waals surface area contributed by atoms with Gasteiger partial charge in [0.25, 0.3) is 5.69 Å². The van der Waals surface area contributed by atoms with E-state index in [0.717, 1.165) is 18.4 Å². The number of nitro groups is 1. The Bertz CT molecular complexity index is 846. The van der Waals surface area contributed by atoms with E-state index in [0.29, 0.717) is 35.9 Å². The third-order valence-electron chi connectivity index (χ3n) is 5.01. The van der Waals surface area contributed by atoms with Crippen LogP contribution in [0.1, 0.15) is 38.2 Å². The highest BCUT2D eigenvalue weighted by Gasteiger charge is 2.42. The van der Waals surface area contributed by atoms with E-state index in [9.17, 15) is 14.9 Å². The molecule has 142 valence electrons. The van der Waals surface area contributed by atoms with Crippen LogP contribution in [0.2, 0.25) is 5.02 Å². The molecule has 7 heteroatoms. The van der Waals surface area contributed by atoms with Crippen LogP contribution in [0, 0.1) is 10.1 Å². The molecule has 0 bridgehead atoms. The number of nitrogens with one attached hydrogen (secondary N) is 1. The summed E-state index contributed by atoms with van der Waals surface area (Å²) < 4.78 is 5.42. The Morgan fingerprint density at radius 2 is 1.89 bits per heavy atom. The fraction of sp³-hybridized carbons (Fsp3) is 0.350. The van der Waals surface area contributed by atoms with Crippen molar-refractivity contribution >= 4 is 28.9 Å². The molecule has 0 spiro atoms. The molecule has 3 rings (SSSR count). The molecule has 6 nitrogen and oxygen atoms in total. The largest absolute Gasteiger partial charge is 0.492 e. The second-order valence-electron chi connectivity index (χ2n) is 6.63. The van der Waals surface area contributed by atoms with Crippen LogP contribution < -0.4 is 10.1 Å². The zero-order valence-electron chi connectivity index (χ0n) is 15.0. The van der Waals surface area contributed by atoms with Gasteiger partial charge in [0, 0.05) is 17.8 Å². The van der Waals surface area contributed by atoms with Gasteiger partial charge in [0.05, 0.1) is 22.0 Å². The maximum atomic E-state index is 13.2. The van der Waals surface area contributed by atoms with Crippen LogP contribution in [-0.4, -0.2) is 17.4 Å². The summed E-state index contributed by atoms with van der Waals surface area (Å²) in [6.07, 6.45) is 3.30. The molecule has 1 fully saturated rings. The summed E-state index contributed by atoms with van der Waals surface area (Å²) in [5.74, 6) is 0.456. The van der Waals surface area contributed by atoms with Crippen LogP contribution in [0.25, 0.3) is 0 Å². The molecule has 1 aliphatic carbocycles. The van der Waals surface area contributed by atoms with Gasteiger partial charge in [-0.15, -0.1) is 0 Å². The van der Waals surface area contributed by atoms with Crippen molar-refractivity contribution in [3.8, 4) is 5.75 Å². The first-order valence-electron chi connectivity index (χ1n) is 8.95. The van der Waals surface area contributed by atoms with Crippen LogP contribution in [0.15, 0.2) is 42.5 Å². The lowest BCUT2D eigenvalue weighted by atomic mass is 9.78. The first-order valence-corrected chi connectivity index (χ1v) is 9.33. The molecule has 0 saturated heterocycles. The van der Waals surface area contributed by atoms with E-state index in [1.807, 2.05) is 6.92 Å². The number of non-ortho nitro benzene ring substituents is 1. The van der Waals surface area contributed by atoms with E-state index >= 15 is 0 Å². The number of nitro benzene ring substituents is 1. The minimum absolute atomic E-state index is 0.0191. The van der Waals surface area contributed by atoms with Crippen molar-refractivity contribution in [1.82, 2.24) is 0 Å². The molecule has 27 heavy (non-hydrogen) atoms. The Hall–Kier alpha value is -2.60. The molecule has 0 aromatic heterocycles. The molecule has 0 atom stereocenters. The number of amides is 1. The topological polar surface area (TPSA) is 81.5 Å². The van der Waals surface area contributed by atoms with Crippen molar-refractivity contribution in [2.75, 3.05) is 11.9 Å². The highest BCUT2D eigenvalue weighted by Crippen LogP contribution is 2.42. The average molecular weight is 389 g/mol. The van der Waals surface area contributed by atoms with Gasteiger partial charge in [0.1, 0.15) is 5.75 Å². The second kappa shape index (κ2) is 7.96. The molecule has 1 amide bonds. The summed E-state index contributed by atoms with van der Waals surface area (Å²) in [6, 6.07) is 11.4. The number of rotatable bonds is 6. The Kier molecular flexibility index (Phi) is 5.65. The fourth-order valence-corrected chi connectivity index (χ4v) is 3.86. The third-order valence-corrected chi connectivity index (χ3v) is 5.31. The monoisotopic (exact) mass is 388 g/mol. The predicted octanol–water partition coefficient (Wildman–Crippen LogP) is 5.10. The number of hydrogen-bond acceptors (Lipinski definition) is 4. The SMILES string of the molecule is CCOc1ccc(NC(=O)C2(c3ccc([N+](=O)[O-])cc3)CCCC2)cc1Cl. The minimum atomic E-state index is -0.680. The number of anilines is 1. The van der Waals surface area contributed by atoms with Crippen molar-refractivity contribution < 1.29 is 14.5 Å². The van der Waals surface area contributed by atoms with E-state index in [2.05, 4.69) is 5.32 Å². The zero-order chi connectivity index (χ0) is 19.4. The number of halogens is 1. The molecule has 0 unspecified atom stereocenters. The lowest BCUT2D eigenvalue weighted by Crippen LogP contribution is -2.38. The molecular weight excluding hydrogens is 368 g/mol. The van der Waals surface area contributed by atoms with E-state index < -0.39 is 10.3 Å². The van der Waals surface area contributed by atoms with Crippen LogP contribution >= 0.6 is 11.6 Å². The molecule has 1 saturated carbocycles. The first kappa shape index (κ1) is 19.2. The van der Waals surface area contributed by atoms with E-state index in [-0.39, 0.29) is 11.6 Å². The van der Waals surface area contributed by atoms with E-state index in [1.165, 1.54) is 12.1 Å². The van der Waals surface area contributed by atoms with Gasteiger partial charge >= 0.3 is 0 Å². The van der Waals surface area contributed by atoms with Crippen LogP contribution in [0.4, 0.5) is 11.4 Å². The Balaban J connectivity index is 1.85. The van der Waals surface area contributed by atoms with Crippen LogP contribution in [-0.2, 0) is 10.2 Å². The molecule has 1 aliphatic rings. The molecule has 0 aliphatic heterocycles. The average Bonchev–Trinajstić information content (AvgIpc) is 3.15. The normalized spacial score (nSPS) is 15.3. The van der Waals surface area contributed by atoms with Crippen molar-refractivity contribution in [3.05, 3.63) is 63.2 Å². The maximum absolute atomic E-state index is 13.2. The summed E-state index contributed by atoms with van der Waals surface area (Å²) in [6.45, 7) is 2.38. The Labute approximate surface area is 162 Å². The highest BCUT2D eigenvalue weighted by molar-refractivity contribution is 6.32. The quantitative estimate of drug-likeness (QED) is 0.551. The Morgan fingerprint density at radius 1 is 1.22 bits per heavy atom. The van der Waals surface area contributed by atoms with Gasteiger partial charge in [-0.3, -0.25) is 14.9 Å². The van der Waals surface area contributed by atoms with Gasteiger partial charge in [-0.2, -0.15) is 0 Å². The lowest BCUT2D eigenvalue weighted by molar-refractivity contribution is -0.384. The molecule has 2 aromatic rings. The van der Waals surface area contributed by atoms with Gasteiger partial charge in [-0.05, 0) is 43.5 Å². The number of carbonyl (C=O) groups excluding carboxylic acids is 1. The van der Waals surface area contributed by atoms with Crippen molar-refractivity contribution in [3.63, 3.8) is 0 Å². The van der Waals surface area contributed by atoms with E-state index in [4.69, 9.17) is 16.3 Å². The number of hydrogen-bond donors (Lipinski definition) is 1. The number of nitrogens with zero attached hydrogens (tertiary/aromatic N) is 1. The van der Waals surface area contributed by atoms with Crippen molar-refractivity contribution in [2.24, 2.45) is 0 Å². The van der Waals surface area contributed by atoms with Crippen molar-refractivity contribution in [1.29, 1.82) is 0 Å². The Morgan fingerprint density at radius 3 is 2.44 bits per heavy atom. The maximum Gasteiger partial charge on any atom is 0.269 e. The van der Waals surface area contributed by atoms with Gasteiger partial charge < -0.3 is 10.1 Å².